The van der Waals surface area contributed by atoms with Gasteiger partial charge in [-0.1, -0.05) is 17.7 Å². The standard InChI is InChI=1S/C27H27ClN4O4S/c1-35-23-15-19(16-24(17-23)36-2)26(34)32-12-10-31(11-13-32)22-8-6-21(7-9-22)29-27(37)30-25(33)18-4-3-5-20(28)14-18/h3-9,14-17H,10-13H2,1-2H3,(H2,29,30,33,37). The molecule has 0 unspecified atom stereocenters. The average molecular weight is 539 g/mol. The second kappa shape index (κ2) is 11.9. The summed E-state index contributed by atoms with van der Waals surface area (Å²) in [4.78, 5) is 29.4. The number of nitrogens with one attached hydrogen (secondary N) is 2. The second-order valence-corrected chi connectivity index (χ2v) is 9.19. The summed E-state index contributed by atoms with van der Waals surface area (Å²) in [5.41, 5.74) is 2.75. The Morgan fingerprint density at radius 2 is 1.51 bits per heavy atom. The minimum Gasteiger partial charge on any atom is -0.497 e. The van der Waals surface area contributed by atoms with Crippen LogP contribution in [0.5, 0.6) is 11.5 Å². The molecule has 0 spiro atoms. The van der Waals surface area contributed by atoms with Crippen molar-refractivity contribution in [2.75, 3.05) is 50.6 Å². The van der Waals surface area contributed by atoms with Gasteiger partial charge < -0.3 is 24.6 Å². The van der Waals surface area contributed by atoms with Crippen LogP contribution in [0.15, 0.2) is 66.7 Å². The van der Waals surface area contributed by atoms with Crippen molar-refractivity contribution >= 4 is 52.1 Å². The van der Waals surface area contributed by atoms with Crippen LogP contribution in [0.4, 0.5) is 11.4 Å². The Hall–Kier alpha value is -3.82. The molecule has 37 heavy (non-hydrogen) atoms. The number of hydrogen-bond donors (Lipinski definition) is 2. The maximum Gasteiger partial charge on any atom is 0.257 e. The summed E-state index contributed by atoms with van der Waals surface area (Å²) in [5, 5.41) is 6.35. The van der Waals surface area contributed by atoms with Gasteiger partial charge in [0.05, 0.1) is 14.2 Å². The lowest BCUT2D eigenvalue weighted by molar-refractivity contribution is 0.0745. The lowest BCUT2D eigenvalue weighted by Crippen LogP contribution is -2.48. The van der Waals surface area contributed by atoms with E-state index in [4.69, 9.17) is 33.3 Å². The Balaban J connectivity index is 1.30. The van der Waals surface area contributed by atoms with Gasteiger partial charge in [-0.05, 0) is 66.8 Å². The highest BCUT2D eigenvalue weighted by molar-refractivity contribution is 7.80. The first-order valence-corrected chi connectivity index (χ1v) is 12.4. The fraction of sp³-hybridized carbons (Fsp3) is 0.222. The maximum absolute atomic E-state index is 13.0. The third-order valence-corrected chi connectivity index (χ3v) is 6.41. The number of rotatable bonds is 6. The number of nitrogens with zero attached hydrogens (tertiary/aromatic N) is 2. The number of carbonyl (C=O) groups is 2. The van der Waals surface area contributed by atoms with Crippen LogP contribution in [0, 0.1) is 0 Å². The monoisotopic (exact) mass is 538 g/mol. The van der Waals surface area contributed by atoms with Crippen molar-refractivity contribution in [3.05, 3.63) is 82.9 Å². The number of methoxy groups -OCH3 is 2. The zero-order valence-electron chi connectivity index (χ0n) is 20.5. The second-order valence-electron chi connectivity index (χ2n) is 8.35. The number of hydrogen-bond acceptors (Lipinski definition) is 6. The number of piperazine rings is 1. The van der Waals surface area contributed by atoms with E-state index in [0.717, 1.165) is 11.4 Å². The van der Waals surface area contributed by atoms with E-state index in [1.165, 1.54) is 0 Å². The third kappa shape index (κ3) is 6.69. The van der Waals surface area contributed by atoms with Crippen molar-refractivity contribution in [3.8, 4) is 11.5 Å². The van der Waals surface area contributed by atoms with Gasteiger partial charge in [-0.15, -0.1) is 0 Å². The minimum atomic E-state index is -0.337. The summed E-state index contributed by atoms with van der Waals surface area (Å²) in [6, 6.07) is 19.6. The highest BCUT2D eigenvalue weighted by Gasteiger charge is 2.23. The lowest BCUT2D eigenvalue weighted by Gasteiger charge is -2.36. The van der Waals surface area contributed by atoms with Crippen LogP contribution in [-0.4, -0.2) is 62.2 Å². The molecule has 2 amide bonds. The number of anilines is 2. The summed E-state index contributed by atoms with van der Waals surface area (Å²) in [6.45, 7) is 2.59. The summed E-state index contributed by atoms with van der Waals surface area (Å²) in [5.74, 6) is 0.776. The quantitative estimate of drug-likeness (QED) is 0.449. The molecule has 3 aromatic rings. The molecule has 3 aromatic carbocycles. The van der Waals surface area contributed by atoms with Crippen molar-refractivity contribution in [2.24, 2.45) is 0 Å². The van der Waals surface area contributed by atoms with Crippen LogP contribution < -0.4 is 25.0 Å². The molecule has 0 saturated carbocycles. The molecule has 0 bridgehead atoms. The smallest absolute Gasteiger partial charge is 0.257 e. The molecule has 8 nitrogen and oxygen atoms in total. The van der Waals surface area contributed by atoms with Gasteiger partial charge in [-0.3, -0.25) is 14.9 Å². The SMILES string of the molecule is COc1cc(OC)cc(C(=O)N2CCN(c3ccc(NC(=S)NC(=O)c4cccc(Cl)c4)cc3)CC2)c1. The van der Waals surface area contributed by atoms with Crippen molar-refractivity contribution in [1.29, 1.82) is 0 Å². The average Bonchev–Trinajstić information content (AvgIpc) is 2.92. The molecule has 1 saturated heterocycles. The van der Waals surface area contributed by atoms with Crippen LogP contribution in [0.2, 0.25) is 5.02 Å². The summed E-state index contributed by atoms with van der Waals surface area (Å²) in [7, 11) is 3.13. The molecule has 1 aliphatic rings. The molecule has 192 valence electrons. The van der Waals surface area contributed by atoms with Crippen LogP contribution in [0.3, 0.4) is 0 Å². The van der Waals surface area contributed by atoms with E-state index in [-0.39, 0.29) is 16.9 Å². The molecular formula is C27H27ClN4O4S. The Morgan fingerprint density at radius 3 is 2.11 bits per heavy atom. The molecule has 0 atom stereocenters. The van der Waals surface area contributed by atoms with E-state index >= 15 is 0 Å². The largest absolute Gasteiger partial charge is 0.497 e. The summed E-state index contributed by atoms with van der Waals surface area (Å²) >= 11 is 11.2. The molecule has 0 aliphatic carbocycles. The van der Waals surface area contributed by atoms with Gasteiger partial charge in [0.15, 0.2) is 5.11 Å². The zero-order chi connectivity index (χ0) is 26.4. The van der Waals surface area contributed by atoms with E-state index in [1.807, 2.05) is 29.2 Å². The van der Waals surface area contributed by atoms with Gasteiger partial charge in [-0.25, -0.2) is 0 Å². The van der Waals surface area contributed by atoms with Gasteiger partial charge in [0.2, 0.25) is 0 Å². The third-order valence-electron chi connectivity index (χ3n) is 5.97. The zero-order valence-corrected chi connectivity index (χ0v) is 22.1. The van der Waals surface area contributed by atoms with Crippen LogP contribution >= 0.6 is 23.8 Å². The topological polar surface area (TPSA) is 83.1 Å². The molecule has 10 heteroatoms. The molecule has 1 fully saturated rings. The van der Waals surface area contributed by atoms with Gasteiger partial charge in [0.1, 0.15) is 11.5 Å². The molecule has 4 rings (SSSR count). The normalized spacial score (nSPS) is 13.1. The van der Waals surface area contributed by atoms with Gasteiger partial charge in [0, 0.05) is 59.8 Å². The van der Waals surface area contributed by atoms with Crippen molar-refractivity contribution < 1.29 is 19.1 Å². The van der Waals surface area contributed by atoms with E-state index in [2.05, 4.69) is 15.5 Å². The van der Waals surface area contributed by atoms with Crippen LogP contribution in [-0.2, 0) is 0 Å². The highest BCUT2D eigenvalue weighted by atomic mass is 35.5. The van der Waals surface area contributed by atoms with E-state index in [9.17, 15) is 9.59 Å². The number of benzene rings is 3. The van der Waals surface area contributed by atoms with E-state index in [0.29, 0.717) is 53.8 Å². The number of carbonyl (C=O) groups excluding carboxylic acids is 2. The van der Waals surface area contributed by atoms with Crippen molar-refractivity contribution in [3.63, 3.8) is 0 Å². The number of halogens is 1. The maximum atomic E-state index is 13.0. The molecule has 0 aromatic heterocycles. The Kier molecular flexibility index (Phi) is 8.47. The van der Waals surface area contributed by atoms with Crippen molar-refractivity contribution in [2.45, 2.75) is 0 Å². The van der Waals surface area contributed by atoms with Gasteiger partial charge >= 0.3 is 0 Å². The van der Waals surface area contributed by atoms with Crippen LogP contribution in [0.25, 0.3) is 0 Å². The molecule has 1 aliphatic heterocycles. The Bertz CT molecular complexity index is 1270. The van der Waals surface area contributed by atoms with E-state index in [1.54, 1.807) is 56.7 Å². The Labute approximate surface area is 226 Å². The predicted octanol–water partition coefficient (Wildman–Crippen LogP) is 4.45. The Morgan fingerprint density at radius 1 is 0.865 bits per heavy atom. The number of ether oxygens (including phenoxy) is 2. The first-order valence-electron chi connectivity index (χ1n) is 11.6. The number of amides is 2. The summed E-state index contributed by atoms with van der Waals surface area (Å²) < 4.78 is 10.6. The highest BCUT2D eigenvalue weighted by Crippen LogP contribution is 2.25. The van der Waals surface area contributed by atoms with Gasteiger partial charge in [0.25, 0.3) is 11.8 Å². The first-order chi connectivity index (χ1) is 17.9. The molecule has 2 N–H and O–H groups in total. The number of thiocarbonyl (C=S) groups is 1. The van der Waals surface area contributed by atoms with Gasteiger partial charge in [-0.2, -0.15) is 0 Å². The molecule has 0 radical (unpaired) electrons. The molecule has 1 heterocycles. The van der Waals surface area contributed by atoms with E-state index < -0.39 is 0 Å². The summed E-state index contributed by atoms with van der Waals surface area (Å²) in [6.07, 6.45) is 0. The fourth-order valence-corrected chi connectivity index (χ4v) is 4.40. The lowest BCUT2D eigenvalue weighted by atomic mass is 10.1. The minimum absolute atomic E-state index is 0.0512. The fourth-order valence-electron chi connectivity index (χ4n) is 4.00. The molecular weight excluding hydrogens is 512 g/mol. The first kappa shape index (κ1) is 26.2. The van der Waals surface area contributed by atoms with Crippen LogP contribution in [0.1, 0.15) is 20.7 Å². The van der Waals surface area contributed by atoms with Crippen molar-refractivity contribution in [1.82, 2.24) is 10.2 Å². The predicted molar refractivity (Wildman–Crippen MR) is 149 cm³/mol.